The van der Waals surface area contributed by atoms with Crippen LogP contribution in [0.1, 0.15) is 26.3 Å². The number of anilines is 2. The van der Waals surface area contributed by atoms with Crippen LogP contribution in [0.25, 0.3) is 10.2 Å². The minimum absolute atomic E-state index is 0.448. The number of nitrogens with zero attached hydrogens (tertiary/aromatic N) is 2. The lowest BCUT2D eigenvalue weighted by atomic mass is 10.1. The van der Waals surface area contributed by atoms with E-state index in [4.69, 9.17) is 4.74 Å². The Morgan fingerprint density at radius 3 is 2.65 bits per heavy atom. The fraction of sp³-hybridized carbons (Fsp3) is 0.316. The van der Waals surface area contributed by atoms with Gasteiger partial charge < -0.3 is 10.1 Å². The maximum absolute atomic E-state index is 11.8. The van der Waals surface area contributed by atoms with E-state index in [0.29, 0.717) is 5.69 Å². The van der Waals surface area contributed by atoms with Gasteiger partial charge in [-0.15, -0.1) is 11.3 Å². The Morgan fingerprint density at radius 1 is 1.15 bits per heavy atom. The van der Waals surface area contributed by atoms with E-state index in [1.165, 1.54) is 5.56 Å². The largest absolute Gasteiger partial charge is 0.444 e. The molecule has 0 spiro atoms. The number of nitrogens with one attached hydrogen (secondary N) is 2. The number of ether oxygens (including phenoxy) is 1. The molecule has 0 aliphatic heterocycles. The van der Waals surface area contributed by atoms with Crippen molar-refractivity contribution >= 4 is 39.2 Å². The molecule has 3 rings (SSSR count). The number of hydrogen-bond donors (Lipinski definition) is 2. The van der Waals surface area contributed by atoms with Crippen LogP contribution in [0.2, 0.25) is 0 Å². The summed E-state index contributed by atoms with van der Waals surface area (Å²) in [5.41, 5.74) is 2.34. The Balaban J connectivity index is 1.52. The summed E-state index contributed by atoms with van der Waals surface area (Å²) in [5, 5.41) is 8.11. The van der Waals surface area contributed by atoms with Crippen LogP contribution in [0.3, 0.4) is 0 Å². The number of hydrogen-bond acceptors (Lipinski definition) is 6. The number of rotatable bonds is 5. The van der Waals surface area contributed by atoms with Crippen molar-refractivity contribution in [3.05, 3.63) is 47.6 Å². The Hall–Kier alpha value is -2.67. The van der Waals surface area contributed by atoms with E-state index in [0.717, 1.165) is 29.0 Å². The maximum Gasteiger partial charge on any atom is 0.412 e. The summed E-state index contributed by atoms with van der Waals surface area (Å²) in [7, 11) is 0. The molecular weight excluding hydrogens is 348 g/mol. The molecule has 2 aromatic heterocycles. The quantitative estimate of drug-likeness (QED) is 0.681. The fourth-order valence-electron chi connectivity index (χ4n) is 2.42. The van der Waals surface area contributed by atoms with Crippen molar-refractivity contribution in [3.8, 4) is 0 Å². The van der Waals surface area contributed by atoms with Crippen LogP contribution in [0.5, 0.6) is 0 Å². The van der Waals surface area contributed by atoms with Crippen molar-refractivity contribution in [3.63, 3.8) is 0 Å². The minimum atomic E-state index is -0.509. The highest BCUT2D eigenvalue weighted by Crippen LogP contribution is 2.24. The summed E-state index contributed by atoms with van der Waals surface area (Å²) in [5.74, 6) is 0.869. The predicted molar refractivity (Wildman–Crippen MR) is 106 cm³/mol. The van der Waals surface area contributed by atoms with Crippen molar-refractivity contribution in [1.82, 2.24) is 9.97 Å². The van der Waals surface area contributed by atoms with Gasteiger partial charge in [0.05, 0.1) is 10.2 Å². The zero-order valence-electron chi connectivity index (χ0n) is 15.1. The van der Waals surface area contributed by atoms with Crippen LogP contribution >= 0.6 is 11.3 Å². The smallest absolute Gasteiger partial charge is 0.412 e. The number of carbonyl (C=O) groups excluding carboxylic acids is 1. The second kappa shape index (κ2) is 7.70. The molecule has 0 bridgehead atoms. The van der Waals surface area contributed by atoms with Gasteiger partial charge in [0.1, 0.15) is 17.7 Å². The third kappa shape index (κ3) is 4.92. The maximum atomic E-state index is 11.8. The highest BCUT2D eigenvalue weighted by molar-refractivity contribution is 7.17. The molecule has 1 aromatic carbocycles. The molecule has 0 atom stereocenters. The van der Waals surface area contributed by atoms with E-state index >= 15 is 0 Å². The molecule has 0 saturated heterocycles. The minimum Gasteiger partial charge on any atom is -0.444 e. The number of carbonyl (C=O) groups is 1. The third-order valence-electron chi connectivity index (χ3n) is 3.55. The van der Waals surface area contributed by atoms with E-state index in [1.54, 1.807) is 17.7 Å². The molecule has 2 heterocycles. The molecule has 7 heteroatoms. The van der Waals surface area contributed by atoms with Crippen molar-refractivity contribution < 1.29 is 9.53 Å². The Morgan fingerprint density at radius 2 is 1.92 bits per heavy atom. The van der Waals surface area contributed by atoms with Crippen LogP contribution in [-0.2, 0) is 11.2 Å². The van der Waals surface area contributed by atoms with Gasteiger partial charge >= 0.3 is 6.09 Å². The first-order valence-corrected chi connectivity index (χ1v) is 9.30. The van der Waals surface area contributed by atoms with Crippen LogP contribution in [0.4, 0.5) is 16.3 Å². The van der Waals surface area contributed by atoms with Gasteiger partial charge in [-0.3, -0.25) is 5.32 Å². The summed E-state index contributed by atoms with van der Waals surface area (Å²) in [6.45, 7) is 6.28. The number of aromatic nitrogens is 2. The van der Waals surface area contributed by atoms with Crippen molar-refractivity contribution in [2.45, 2.75) is 32.8 Å². The SMILES string of the molecule is CC(C)(C)OC(=O)Nc1ccc(CCNc2ncnc3ccsc23)cc1. The zero-order valence-corrected chi connectivity index (χ0v) is 15.9. The third-order valence-corrected chi connectivity index (χ3v) is 4.46. The highest BCUT2D eigenvalue weighted by Gasteiger charge is 2.16. The van der Waals surface area contributed by atoms with Crippen molar-refractivity contribution in [1.29, 1.82) is 0 Å². The average molecular weight is 370 g/mol. The van der Waals surface area contributed by atoms with Crippen molar-refractivity contribution in [2.24, 2.45) is 0 Å². The molecule has 136 valence electrons. The molecule has 6 nitrogen and oxygen atoms in total. The second-order valence-electron chi connectivity index (χ2n) is 6.86. The number of benzene rings is 1. The molecule has 0 unspecified atom stereocenters. The molecule has 3 aromatic rings. The van der Waals surface area contributed by atoms with Crippen LogP contribution in [0, 0.1) is 0 Å². The molecule has 0 aliphatic rings. The summed E-state index contributed by atoms with van der Waals surface area (Å²) < 4.78 is 6.32. The van der Waals surface area contributed by atoms with Gasteiger partial charge in [0.25, 0.3) is 0 Å². The predicted octanol–water partition coefficient (Wildman–Crippen LogP) is 4.69. The standard InChI is InChI=1S/C19H22N4O2S/c1-19(2,3)25-18(24)23-14-6-4-13(5-7-14)8-10-20-17-16-15(9-11-26-16)21-12-22-17/h4-7,9,11-12H,8,10H2,1-3H3,(H,23,24)(H,20,21,22). The van der Waals surface area contributed by atoms with Crippen LogP contribution < -0.4 is 10.6 Å². The van der Waals surface area contributed by atoms with Crippen molar-refractivity contribution in [2.75, 3.05) is 17.2 Å². The molecule has 0 radical (unpaired) electrons. The van der Waals surface area contributed by atoms with E-state index in [2.05, 4.69) is 20.6 Å². The highest BCUT2D eigenvalue weighted by atomic mass is 32.1. The monoisotopic (exact) mass is 370 g/mol. The first kappa shape index (κ1) is 18.1. The molecule has 2 N–H and O–H groups in total. The average Bonchev–Trinajstić information content (AvgIpc) is 3.04. The fourth-order valence-corrected chi connectivity index (χ4v) is 3.23. The van der Waals surface area contributed by atoms with E-state index in [-0.39, 0.29) is 0 Å². The normalized spacial score (nSPS) is 11.3. The van der Waals surface area contributed by atoms with Gasteiger partial charge in [-0.1, -0.05) is 12.1 Å². The van der Waals surface area contributed by atoms with Crippen LogP contribution in [-0.4, -0.2) is 28.2 Å². The summed E-state index contributed by atoms with van der Waals surface area (Å²) in [4.78, 5) is 20.3. The summed E-state index contributed by atoms with van der Waals surface area (Å²) in [6, 6.07) is 9.73. The molecule has 1 amide bonds. The Kier molecular flexibility index (Phi) is 5.37. The summed E-state index contributed by atoms with van der Waals surface area (Å²) >= 11 is 1.63. The summed E-state index contributed by atoms with van der Waals surface area (Å²) in [6.07, 6.45) is 1.98. The van der Waals surface area contributed by atoms with Gasteiger partial charge in [-0.2, -0.15) is 0 Å². The van der Waals surface area contributed by atoms with E-state index in [1.807, 2.05) is 56.5 Å². The molecule has 0 saturated carbocycles. The number of fused-ring (bicyclic) bond motifs is 1. The first-order chi connectivity index (χ1) is 12.4. The number of amides is 1. The topological polar surface area (TPSA) is 76.1 Å². The molecule has 0 aliphatic carbocycles. The second-order valence-corrected chi connectivity index (χ2v) is 7.77. The molecular formula is C19H22N4O2S. The first-order valence-electron chi connectivity index (χ1n) is 8.42. The van der Waals surface area contributed by atoms with E-state index < -0.39 is 11.7 Å². The number of thiophene rings is 1. The van der Waals surface area contributed by atoms with Crippen LogP contribution in [0.15, 0.2) is 42.0 Å². The Labute approximate surface area is 156 Å². The van der Waals surface area contributed by atoms with Gasteiger partial charge in [0.2, 0.25) is 0 Å². The van der Waals surface area contributed by atoms with E-state index in [9.17, 15) is 4.79 Å². The molecule has 26 heavy (non-hydrogen) atoms. The zero-order chi connectivity index (χ0) is 18.6. The van der Waals surface area contributed by atoms with Gasteiger partial charge in [-0.05, 0) is 56.3 Å². The lowest BCUT2D eigenvalue weighted by Crippen LogP contribution is -2.27. The van der Waals surface area contributed by atoms with Gasteiger partial charge in [0, 0.05) is 12.2 Å². The van der Waals surface area contributed by atoms with Gasteiger partial charge in [0.15, 0.2) is 0 Å². The lowest BCUT2D eigenvalue weighted by Gasteiger charge is -2.19. The van der Waals surface area contributed by atoms with Gasteiger partial charge in [-0.25, -0.2) is 14.8 Å². The Bertz CT molecular complexity index is 884. The lowest BCUT2D eigenvalue weighted by molar-refractivity contribution is 0.0636. The molecule has 0 fully saturated rings.